The minimum absolute atomic E-state index is 0.0973. The highest BCUT2D eigenvalue weighted by molar-refractivity contribution is 5.77. The molecule has 2 rings (SSSR count). The third-order valence-corrected chi connectivity index (χ3v) is 2.59. The van der Waals surface area contributed by atoms with Crippen LogP contribution in [0.1, 0.15) is 24.0 Å². The van der Waals surface area contributed by atoms with Gasteiger partial charge < -0.3 is 14.6 Å². The average Bonchev–Trinajstić information content (AvgIpc) is 2.82. The maximum absolute atomic E-state index is 11.5. The smallest absolute Gasteiger partial charge is 0.318 e. The molecule has 84 valence electrons. The molecule has 0 spiro atoms. The van der Waals surface area contributed by atoms with Gasteiger partial charge in [0.2, 0.25) is 0 Å². The largest absolute Gasteiger partial charge is 0.464 e. The van der Waals surface area contributed by atoms with E-state index in [1.807, 2.05) is 25.1 Å². The van der Waals surface area contributed by atoms with E-state index in [0.29, 0.717) is 19.5 Å². The van der Waals surface area contributed by atoms with Gasteiger partial charge in [0.05, 0.1) is 12.5 Å². The minimum Gasteiger partial charge on any atom is -0.464 e. The molecule has 2 amide bonds. The normalized spacial score (nSPS) is 19.6. The second kappa shape index (κ2) is 4.27. The molecule has 16 heavy (non-hydrogen) atoms. The number of nitriles is 1. The number of urea groups is 1. The van der Waals surface area contributed by atoms with Crippen LogP contribution in [0.2, 0.25) is 0 Å². The summed E-state index contributed by atoms with van der Waals surface area (Å²) in [4.78, 5) is 13.2. The van der Waals surface area contributed by atoms with Crippen LogP contribution in [0.4, 0.5) is 4.79 Å². The Morgan fingerprint density at radius 3 is 3.12 bits per heavy atom. The van der Waals surface area contributed by atoms with E-state index in [0.717, 1.165) is 11.5 Å². The molecule has 5 nitrogen and oxygen atoms in total. The number of aryl methyl sites for hydroxylation is 1. The Balaban J connectivity index is 2.01. The van der Waals surface area contributed by atoms with Crippen LogP contribution in [0, 0.1) is 18.3 Å². The zero-order valence-corrected chi connectivity index (χ0v) is 9.06. The molecule has 1 aromatic heterocycles. The van der Waals surface area contributed by atoms with Crippen molar-refractivity contribution in [3.8, 4) is 6.07 Å². The summed E-state index contributed by atoms with van der Waals surface area (Å²) in [6, 6.07) is 5.54. The summed E-state index contributed by atoms with van der Waals surface area (Å²) in [5, 5.41) is 11.3. The lowest BCUT2D eigenvalue weighted by Gasteiger charge is -2.11. The van der Waals surface area contributed by atoms with E-state index in [1.54, 1.807) is 4.90 Å². The van der Waals surface area contributed by atoms with Crippen LogP contribution in [0.25, 0.3) is 0 Å². The molecular formula is C11H13N3O2. The van der Waals surface area contributed by atoms with Gasteiger partial charge in [0.15, 0.2) is 0 Å². The number of carbonyl (C=O) groups excluding carboxylic acids is 1. The summed E-state index contributed by atoms with van der Waals surface area (Å²) in [7, 11) is 0. The lowest BCUT2D eigenvalue weighted by Crippen LogP contribution is -2.28. The summed E-state index contributed by atoms with van der Waals surface area (Å²) in [6.45, 7) is 2.90. The Kier molecular flexibility index (Phi) is 2.82. The van der Waals surface area contributed by atoms with Crippen LogP contribution >= 0.6 is 0 Å². The minimum atomic E-state index is -0.130. The summed E-state index contributed by atoms with van der Waals surface area (Å²) >= 11 is 0. The van der Waals surface area contributed by atoms with Gasteiger partial charge >= 0.3 is 6.03 Å². The van der Waals surface area contributed by atoms with Crippen molar-refractivity contribution < 1.29 is 9.21 Å². The van der Waals surface area contributed by atoms with Crippen molar-refractivity contribution in [3.63, 3.8) is 0 Å². The Morgan fingerprint density at radius 1 is 1.69 bits per heavy atom. The second-order valence-electron chi connectivity index (χ2n) is 3.80. The van der Waals surface area contributed by atoms with Crippen molar-refractivity contribution in [1.29, 1.82) is 5.26 Å². The van der Waals surface area contributed by atoms with E-state index in [9.17, 15) is 4.79 Å². The molecule has 0 bridgehead atoms. The molecule has 1 unspecified atom stereocenters. The summed E-state index contributed by atoms with van der Waals surface area (Å²) in [6.07, 6.45) is 0.358. The molecule has 1 atom stereocenters. The SMILES string of the molecule is Cc1ccc(C2CN(CCC#N)C(=O)N2)o1. The molecule has 1 aliphatic rings. The highest BCUT2D eigenvalue weighted by Gasteiger charge is 2.30. The van der Waals surface area contributed by atoms with Gasteiger partial charge in [0.25, 0.3) is 0 Å². The Bertz CT molecular complexity index is 433. The third-order valence-electron chi connectivity index (χ3n) is 2.59. The maximum atomic E-state index is 11.5. The highest BCUT2D eigenvalue weighted by atomic mass is 16.3. The lowest BCUT2D eigenvalue weighted by molar-refractivity contribution is 0.218. The van der Waals surface area contributed by atoms with Crippen LogP contribution in [0.5, 0.6) is 0 Å². The number of amides is 2. The van der Waals surface area contributed by atoms with Gasteiger partial charge in [-0.3, -0.25) is 0 Å². The van der Waals surface area contributed by atoms with Crippen LogP contribution in [-0.2, 0) is 0 Å². The van der Waals surface area contributed by atoms with Crippen molar-refractivity contribution in [2.24, 2.45) is 0 Å². The fraction of sp³-hybridized carbons (Fsp3) is 0.455. The number of rotatable bonds is 3. The molecule has 0 saturated carbocycles. The quantitative estimate of drug-likeness (QED) is 0.838. The van der Waals surface area contributed by atoms with Crippen molar-refractivity contribution >= 4 is 6.03 Å². The van der Waals surface area contributed by atoms with Gasteiger partial charge in [-0.2, -0.15) is 5.26 Å². The average molecular weight is 219 g/mol. The molecule has 5 heteroatoms. The fourth-order valence-electron chi connectivity index (χ4n) is 1.77. The van der Waals surface area contributed by atoms with Gasteiger partial charge in [-0.05, 0) is 19.1 Å². The molecular weight excluding hydrogens is 206 g/mol. The number of carbonyl (C=O) groups is 1. The number of nitrogens with one attached hydrogen (secondary N) is 1. The topological polar surface area (TPSA) is 69.3 Å². The first-order valence-electron chi connectivity index (χ1n) is 5.19. The standard InChI is InChI=1S/C11H13N3O2/c1-8-3-4-10(16-8)9-7-14(6-2-5-12)11(15)13-9/h3-4,9H,2,6-7H2,1H3,(H,13,15). The van der Waals surface area contributed by atoms with Crippen molar-refractivity contribution in [2.45, 2.75) is 19.4 Å². The van der Waals surface area contributed by atoms with E-state index in [2.05, 4.69) is 5.32 Å². The monoisotopic (exact) mass is 219 g/mol. The molecule has 1 saturated heterocycles. The van der Waals surface area contributed by atoms with E-state index in [4.69, 9.17) is 9.68 Å². The van der Waals surface area contributed by atoms with E-state index in [1.165, 1.54) is 0 Å². The molecule has 1 aliphatic heterocycles. The Labute approximate surface area is 93.6 Å². The van der Waals surface area contributed by atoms with Crippen LogP contribution < -0.4 is 5.32 Å². The molecule has 1 aromatic rings. The number of hydrogen-bond acceptors (Lipinski definition) is 3. The van der Waals surface area contributed by atoms with Gasteiger partial charge in [0.1, 0.15) is 17.6 Å². The third kappa shape index (κ3) is 2.01. The maximum Gasteiger partial charge on any atom is 0.318 e. The first kappa shape index (κ1) is 10.6. The summed E-state index contributed by atoms with van der Waals surface area (Å²) in [5.41, 5.74) is 0. The lowest BCUT2D eigenvalue weighted by atomic mass is 10.2. The molecule has 1 N–H and O–H groups in total. The van der Waals surface area contributed by atoms with Crippen LogP contribution in [0.15, 0.2) is 16.5 Å². The highest BCUT2D eigenvalue weighted by Crippen LogP contribution is 2.22. The van der Waals surface area contributed by atoms with Gasteiger partial charge in [-0.15, -0.1) is 0 Å². The molecule has 0 radical (unpaired) electrons. The van der Waals surface area contributed by atoms with Crippen LogP contribution in [-0.4, -0.2) is 24.0 Å². The van der Waals surface area contributed by atoms with Crippen molar-refractivity contribution in [3.05, 3.63) is 23.7 Å². The van der Waals surface area contributed by atoms with Gasteiger partial charge in [-0.1, -0.05) is 0 Å². The molecule has 1 fully saturated rings. The van der Waals surface area contributed by atoms with Gasteiger partial charge in [-0.25, -0.2) is 4.79 Å². The van der Waals surface area contributed by atoms with E-state index in [-0.39, 0.29) is 12.1 Å². The predicted molar refractivity (Wildman–Crippen MR) is 56.5 cm³/mol. The predicted octanol–water partition coefficient (Wildman–Crippen LogP) is 1.57. The zero-order valence-electron chi connectivity index (χ0n) is 9.06. The Morgan fingerprint density at radius 2 is 2.50 bits per heavy atom. The summed E-state index contributed by atoms with van der Waals surface area (Å²) < 4.78 is 5.46. The summed E-state index contributed by atoms with van der Waals surface area (Å²) in [5.74, 6) is 1.60. The van der Waals surface area contributed by atoms with E-state index < -0.39 is 0 Å². The molecule has 0 aliphatic carbocycles. The van der Waals surface area contributed by atoms with Gasteiger partial charge in [0, 0.05) is 13.1 Å². The van der Waals surface area contributed by atoms with E-state index >= 15 is 0 Å². The number of nitrogens with zero attached hydrogens (tertiary/aromatic N) is 2. The van der Waals surface area contributed by atoms with Crippen LogP contribution in [0.3, 0.4) is 0 Å². The number of furan rings is 1. The molecule has 2 heterocycles. The second-order valence-corrected chi connectivity index (χ2v) is 3.80. The first-order valence-corrected chi connectivity index (χ1v) is 5.19. The zero-order chi connectivity index (χ0) is 11.5. The molecule has 0 aromatic carbocycles. The first-order chi connectivity index (χ1) is 7.70. The fourth-order valence-corrected chi connectivity index (χ4v) is 1.77. The number of hydrogen-bond donors (Lipinski definition) is 1. The van der Waals surface area contributed by atoms with Crippen molar-refractivity contribution in [1.82, 2.24) is 10.2 Å². The Hall–Kier alpha value is -1.96. The van der Waals surface area contributed by atoms with Crippen molar-refractivity contribution in [2.75, 3.05) is 13.1 Å².